The molecule has 0 saturated heterocycles. The molecule has 0 unspecified atom stereocenters. The van der Waals surface area contributed by atoms with Crippen LogP contribution in [0.4, 0.5) is 24.5 Å². The van der Waals surface area contributed by atoms with E-state index in [1.54, 1.807) is 38.1 Å². The SMILES string of the molecule is CCCN(CC(F)(F)F)C(=O)c1cc(N)ccc1N(C)C. The highest BCUT2D eigenvalue weighted by Crippen LogP contribution is 2.25. The van der Waals surface area contributed by atoms with Crippen molar-refractivity contribution < 1.29 is 18.0 Å². The van der Waals surface area contributed by atoms with E-state index in [2.05, 4.69) is 0 Å². The zero-order valence-electron chi connectivity index (χ0n) is 12.4. The highest BCUT2D eigenvalue weighted by atomic mass is 19.4. The highest BCUT2D eigenvalue weighted by molar-refractivity contribution is 6.00. The van der Waals surface area contributed by atoms with Crippen molar-refractivity contribution in [2.45, 2.75) is 19.5 Å². The van der Waals surface area contributed by atoms with Crippen molar-refractivity contribution in [3.8, 4) is 0 Å². The van der Waals surface area contributed by atoms with E-state index in [1.807, 2.05) is 0 Å². The second-order valence-electron chi connectivity index (χ2n) is 5.01. The van der Waals surface area contributed by atoms with Gasteiger partial charge in [-0.3, -0.25) is 4.79 Å². The summed E-state index contributed by atoms with van der Waals surface area (Å²) in [6.07, 6.45) is -3.98. The summed E-state index contributed by atoms with van der Waals surface area (Å²) in [4.78, 5) is 14.9. The van der Waals surface area contributed by atoms with Crippen molar-refractivity contribution in [2.24, 2.45) is 0 Å². The van der Waals surface area contributed by atoms with Gasteiger partial charge in [-0.05, 0) is 24.6 Å². The molecule has 118 valence electrons. The molecule has 0 atom stereocenters. The summed E-state index contributed by atoms with van der Waals surface area (Å²) in [5, 5.41) is 0. The van der Waals surface area contributed by atoms with Crippen LogP contribution in [0.1, 0.15) is 23.7 Å². The molecule has 1 aromatic rings. The number of benzene rings is 1. The number of nitrogen functional groups attached to an aromatic ring is 1. The molecule has 0 radical (unpaired) electrons. The Balaban J connectivity index is 3.16. The number of alkyl halides is 3. The molecule has 4 nitrogen and oxygen atoms in total. The molecule has 0 aliphatic rings. The molecule has 21 heavy (non-hydrogen) atoms. The lowest BCUT2D eigenvalue weighted by atomic mass is 10.1. The van der Waals surface area contributed by atoms with Crippen LogP contribution in [0.2, 0.25) is 0 Å². The normalized spacial score (nSPS) is 11.3. The second kappa shape index (κ2) is 6.69. The maximum absolute atomic E-state index is 12.6. The topological polar surface area (TPSA) is 49.6 Å². The van der Waals surface area contributed by atoms with Crippen molar-refractivity contribution in [3.05, 3.63) is 23.8 Å². The number of nitrogens with two attached hydrogens (primary N) is 1. The van der Waals surface area contributed by atoms with E-state index in [1.165, 1.54) is 6.07 Å². The number of amides is 1. The van der Waals surface area contributed by atoms with Crippen molar-refractivity contribution in [1.29, 1.82) is 0 Å². The van der Waals surface area contributed by atoms with Gasteiger partial charge in [-0.2, -0.15) is 13.2 Å². The van der Waals surface area contributed by atoms with Crippen LogP contribution in [0.25, 0.3) is 0 Å². The van der Waals surface area contributed by atoms with Gasteiger partial charge in [-0.15, -0.1) is 0 Å². The summed E-state index contributed by atoms with van der Waals surface area (Å²) in [6.45, 7) is 0.504. The molecule has 0 fully saturated rings. The van der Waals surface area contributed by atoms with E-state index in [-0.39, 0.29) is 12.1 Å². The minimum Gasteiger partial charge on any atom is -0.399 e. The summed E-state index contributed by atoms with van der Waals surface area (Å²) in [5.41, 5.74) is 6.71. The maximum atomic E-state index is 12.6. The Bertz CT molecular complexity index is 501. The number of carbonyl (C=O) groups excluding carboxylic acids is 1. The van der Waals surface area contributed by atoms with Crippen LogP contribution in [-0.4, -0.2) is 44.2 Å². The molecule has 1 amide bonds. The van der Waals surface area contributed by atoms with Crippen LogP contribution in [-0.2, 0) is 0 Å². The first-order valence-electron chi connectivity index (χ1n) is 6.58. The predicted octanol–water partition coefficient (Wildman–Crippen LogP) is 2.75. The van der Waals surface area contributed by atoms with Crippen molar-refractivity contribution in [3.63, 3.8) is 0 Å². The van der Waals surface area contributed by atoms with Gasteiger partial charge in [0.2, 0.25) is 0 Å². The second-order valence-corrected chi connectivity index (χ2v) is 5.01. The van der Waals surface area contributed by atoms with E-state index in [0.29, 0.717) is 17.8 Å². The summed E-state index contributed by atoms with van der Waals surface area (Å²) in [6, 6.07) is 4.65. The monoisotopic (exact) mass is 303 g/mol. The molecule has 0 aromatic heterocycles. The Morgan fingerprint density at radius 3 is 2.38 bits per heavy atom. The van der Waals surface area contributed by atoms with E-state index in [0.717, 1.165) is 4.90 Å². The van der Waals surface area contributed by atoms with E-state index in [9.17, 15) is 18.0 Å². The molecule has 1 aromatic carbocycles. The molecule has 7 heteroatoms. The lowest BCUT2D eigenvalue weighted by Gasteiger charge is -2.26. The minimum absolute atomic E-state index is 0.0417. The quantitative estimate of drug-likeness (QED) is 0.851. The first-order chi connectivity index (χ1) is 9.65. The highest BCUT2D eigenvalue weighted by Gasteiger charge is 2.33. The minimum atomic E-state index is -4.43. The predicted molar refractivity (Wildman–Crippen MR) is 77.4 cm³/mol. The number of rotatable bonds is 5. The molecular formula is C14H20F3N3O. The van der Waals surface area contributed by atoms with E-state index < -0.39 is 18.6 Å². The van der Waals surface area contributed by atoms with Crippen molar-refractivity contribution in [1.82, 2.24) is 4.90 Å². The fraction of sp³-hybridized carbons (Fsp3) is 0.500. The van der Waals surface area contributed by atoms with Crippen LogP contribution >= 0.6 is 0 Å². The Hall–Kier alpha value is -1.92. The van der Waals surface area contributed by atoms with E-state index >= 15 is 0 Å². The fourth-order valence-corrected chi connectivity index (χ4v) is 2.02. The van der Waals surface area contributed by atoms with Gasteiger partial charge in [0, 0.05) is 32.0 Å². The van der Waals surface area contributed by atoms with Gasteiger partial charge in [0.1, 0.15) is 6.54 Å². The fourth-order valence-electron chi connectivity index (χ4n) is 2.02. The average molecular weight is 303 g/mol. The molecule has 0 aliphatic heterocycles. The van der Waals surface area contributed by atoms with Gasteiger partial charge in [0.25, 0.3) is 5.91 Å². The number of nitrogens with zero attached hydrogens (tertiary/aromatic N) is 2. The Morgan fingerprint density at radius 2 is 1.90 bits per heavy atom. The zero-order valence-corrected chi connectivity index (χ0v) is 12.4. The van der Waals surface area contributed by atoms with Crippen LogP contribution in [0, 0.1) is 0 Å². The standard InChI is InChI=1S/C14H20F3N3O/c1-4-7-20(9-14(15,16)17)13(21)11-8-10(18)5-6-12(11)19(2)3/h5-6,8H,4,7,9,18H2,1-3H3. The third kappa shape index (κ3) is 4.84. The first kappa shape index (κ1) is 17.1. The number of hydrogen-bond donors (Lipinski definition) is 1. The summed E-state index contributed by atoms with van der Waals surface area (Å²) >= 11 is 0. The largest absolute Gasteiger partial charge is 0.406 e. The first-order valence-corrected chi connectivity index (χ1v) is 6.58. The van der Waals surface area contributed by atoms with Gasteiger partial charge in [0.15, 0.2) is 0 Å². The lowest BCUT2D eigenvalue weighted by Crippen LogP contribution is -2.40. The number of anilines is 2. The molecule has 2 N–H and O–H groups in total. The molecule has 0 spiro atoms. The molecule has 0 saturated carbocycles. The van der Waals surface area contributed by atoms with Crippen LogP contribution < -0.4 is 10.6 Å². The zero-order chi connectivity index (χ0) is 16.2. The Labute approximate surface area is 122 Å². The maximum Gasteiger partial charge on any atom is 0.406 e. The lowest BCUT2D eigenvalue weighted by molar-refractivity contribution is -0.140. The third-order valence-corrected chi connectivity index (χ3v) is 2.88. The van der Waals surface area contributed by atoms with E-state index in [4.69, 9.17) is 5.73 Å². The van der Waals surface area contributed by atoms with Gasteiger partial charge in [-0.25, -0.2) is 0 Å². The summed E-state index contributed by atoms with van der Waals surface area (Å²) in [7, 11) is 3.44. The van der Waals surface area contributed by atoms with Gasteiger partial charge in [0.05, 0.1) is 5.56 Å². The Kier molecular flexibility index (Phi) is 5.46. The number of carbonyl (C=O) groups is 1. The summed E-state index contributed by atoms with van der Waals surface area (Å²) < 4.78 is 37.8. The Morgan fingerprint density at radius 1 is 1.29 bits per heavy atom. The van der Waals surface area contributed by atoms with Gasteiger partial charge in [-0.1, -0.05) is 6.92 Å². The number of halogens is 3. The molecule has 1 rings (SSSR count). The van der Waals surface area contributed by atoms with Gasteiger partial charge < -0.3 is 15.5 Å². The van der Waals surface area contributed by atoms with Gasteiger partial charge >= 0.3 is 6.18 Å². The molecular weight excluding hydrogens is 283 g/mol. The molecule has 0 aliphatic carbocycles. The smallest absolute Gasteiger partial charge is 0.399 e. The van der Waals surface area contributed by atoms with Crippen LogP contribution in [0.3, 0.4) is 0 Å². The summed E-state index contributed by atoms with van der Waals surface area (Å²) in [5.74, 6) is -0.662. The average Bonchev–Trinajstić information content (AvgIpc) is 2.35. The van der Waals surface area contributed by atoms with Crippen molar-refractivity contribution >= 4 is 17.3 Å². The number of hydrogen-bond acceptors (Lipinski definition) is 3. The van der Waals surface area contributed by atoms with Crippen molar-refractivity contribution in [2.75, 3.05) is 37.8 Å². The third-order valence-electron chi connectivity index (χ3n) is 2.88. The molecule has 0 bridgehead atoms. The molecule has 0 heterocycles. The van der Waals surface area contributed by atoms with Crippen LogP contribution in [0.5, 0.6) is 0 Å². The van der Waals surface area contributed by atoms with Crippen LogP contribution in [0.15, 0.2) is 18.2 Å².